The molecule has 0 radical (unpaired) electrons. The van der Waals surface area contributed by atoms with Crippen molar-refractivity contribution in [2.24, 2.45) is 0 Å². The van der Waals surface area contributed by atoms with E-state index in [1.165, 1.54) is 23.1 Å². The number of amides is 1. The van der Waals surface area contributed by atoms with E-state index in [1.54, 1.807) is 30.3 Å². The molecule has 0 aromatic heterocycles. The van der Waals surface area contributed by atoms with Crippen molar-refractivity contribution >= 4 is 29.1 Å². The van der Waals surface area contributed by atoms with E-state index in [4.69, 9.17) is 16.3 Å². The van der Waals surface area contributed by atoms with Gasteiger partial charge in [0.1, 0.15) is 11.6 Å². The lowest BCUT2D eigenvalue weighted by atomic mass is 9.95. The second-order valence-corrected chi connectivity index (χ2v) is 7.73. The van der Waals surface area contributed by atoms with E-state index in [0.717, 1.165) is 0 Å². The zero-order valence-electron chi connectivity index (χ0n) is 16.8. The molecule has 158 valence electrons. The van der Waals surface area contributed by atoms with E-state index < -0.39 is 23.5 Å². The van der Waals surface area contributed by atoms with Gasteiger partial charge in [0.2, 0.25) is 0 Å². The molecule has 1 aliphatic rings. The van der Waals surface area contributed by atoms with Crippen molar-refractivity contribution in [2.45, 2.75) is 32.4 Å². The van der Waals surface area contributed by atoms with Gasteiger partial charge in [-0.15, -0.1) is 0 Å². The SMILES string of the molecule is CC(C)OCCCN1C(=O)C(=O)C(=C(O)c2ccc(Cl)cc2)[C@@H]1c1ccccc1F. The van der Waals surface area contributed by atoms with Crippen molar-refractivity contribution in [1.29, 1.82) is 0 Å². The Hall–Kier alpha value is -2.70. The number of benzene rings is 2. The van der Waals surface area contributed by atoms with Gasteiger partial charge in [-0.25, -0.2) is 4.39 Å². The van der Waals surface area contributed by atoms with Gasteiger partial charge in [0.25, 0.3) is 11.7 Å². The molecule has 7 heteroatoms. The number of carbonyl (C=O) groups is 2. The number of halogens is 2. The number of hydrogen-bond donors (Lipinski definition) is 1. The van der Waals surface area contributed by atoms with E-state index in [9.17, 15) is 19.1 Å². The molecular weight excluding hydrogens is 409 g/mol. The van der Waals surface area contributed by atoms with Crippen molar-refractivity contribution in [1.82, 2.24) is 4.90 Å². The molecule has 0 unspecified atom stereocenters. The maximum Gasteiger partial charge on any atom is 0.295 e. The quantitative estimate of drug-likeness (QED) is 0.298. The zero-order valence-corrected chi connectivity index (χ0v) is 17.5. The molecule has 1 atom stereocenters. The van der Waals surface area contributed by atoms with Gasteiger partial charge in [-0.2, -0.15) is 0 Å². The molecule has 1 saturated heterocycles. The number of ketones is 1. The Morgan fingerprint density at radius 2 is 1.83 bits per heavy atom. The van der Waals surface area contributed by atoms with Crippen LogP contribution < -0.4 is 0 Å². The number of Topliss-reactive ketones (excluding diaryl/α,β-unsaturated/α-hetero) is 1. The lowest BCUT2D eigenvalue weighted by molar-refractivity contribution is -0.140. The first kappa shape index (κ1) is 22.0. The highest BCUT2D eigenvalue weighted by Gasteiger charge is 2.46. The Morgan fingerprint density at radius 1 is 1.17 bits per heavy atom. The number of nitrogens with zero attached hydrogens (tertiary/aromatic N) is 1. The van der Waals surface area contributed by atoms with Crippen LogP contribution in [-0.4, -0.2) is 41.0 Å². The Kier molecular flexibility index (Phi) is 6.90. The summed E-state index contributed by atoms with van der Waals surface area (Å²) in [5.74, 6) is -2.54. The van der Waals surface area contributed by atoms with Crippen LogP contribution in [0.2, 0.25) is 5.02 Å². The predicted octanol–water partition coefficient (Wildman–Crippen LogP) is 4.72. The fourth-order valence-electron chi connectivity index (χ4n) is 3.45. The largest absolute Gasteiger partial charge is 0.507 e. The van der Waals surface area contributed by atoms with Crippen LogP contribution in [0.5, 0.6) is 0 Å². The molecule has 2 aromatic rings. The third-order valence-electron chi connectivity index (χ3n) is 4.85. The summed E-state index contributed by atoms with van der Waals surface area (Å²) in [6.07, 6.45) is 0.504. The topological polar surface area (TPSA) is 66.8 Å². The van der Waals surface area contributed by atoms with Crippen LogP contribution in [0.25, 0.3) is 5.76 Å². The molecule has 1 aliphatic heterocycles. The summed E-state index contributed by atoms with van der Waals surface area (Å²) in [6.45, 7) is 4.38. The minimum Gasteiger partial charge on any atom is -0.507 e. The fourth-order valence-corrected chi connectivity index (χ4v) is 3.57. The van der Waals surface area contributed by atoms with Gasteiger partial charge in [0.15, 0.2) is 0 Å². The second-order valence-electron chi connectivity index (χ2n) is 7.29. The maximum absolute atomic E-state index is 14.7. The third kappa shape index (κ3) is 4.55. The van der Waals surface area contributed by atoms with Crippen LogP contribution in [0.15, 0.2) is 54.1 Å². The Balaban J connectivity index is 2.04. The molecule has 0 saturated carbocycles. The molecule has 0 bridgehead atoms. The average Bonchev–Trinajstić information content (AvgIpc) is 2.96. The number of likely N-dealkylation sites (tertiary alicyclic amines) is 1. The fraction of sp³-hybridized carbons (Fsp3) is 0.304. The lowest BCUT2D eigenvalue weighted by Crippen LogP contribution is -2.31. The van der Waals surface area contributed by atoms with Crippen LogP contribution in [0.3, 0.4) is 0 Å². The first-order chi connectivity index (χ1) is 14.3. The molecule has 1 fully saturated rings. The van der Waals surface area contributed by atoms with Gasteiger partial charge in [0.05, 0.1) is 17.7 Å². The van der Waals surface area contributed by atoms with Crippen molar-refractivity contribution < 1.29 is 23.8 Å². The average molecular weight is 432 g/mol. The number of ether oxygens (including phenoxy) is 1. The molecule has 0 aliphatic carbocycles. The van der Waals surface area contributed by atoms with Gasteiger partial charge in [-0.1, -0.05) is 29.8 Å². The lowest BCUT2D eigenvalue weighted by Gasteiger charge is -2.25. The van der Waals surface area contributed by atoms with E-state index in [-0.39, 0.29) is 29.5 Å². The van der Waals surface area contributed by atoms with Crippen LogP contribution in [0.1, 0.15) is 37.4 Å². The standard InChI is InChI=1S/C23H23ClFNO4/c1-14(2)30-13-5-12-26-20(17-6-3-4-7-18(17)25)19(22(28)23(26)29)21(27)15-8-10-16(24)11-9-15/h3-4,6-11,14,20,27H,5,12-13H2,1-2H3/t20-/m0/s1. The number of aliphatic hydroxyl groups is 1. The summed E-state index contributed by atoms with van der Waals surface area (Å²) < 4.78 is 20.2. The van der Waals surface area contributed by atoms with Crippen molar-refractivity contribution in [2.75, 3.05) is 13.2 Å². The van der Waals surface area contributed by atoms with E-state index in [0.29, 0.717) is 23.6 Å². The molecule has 1 amide bonds. The molecule has 1 heterocycles. The van der Waals surface area contributed by atoms with Crippen LogP contribution in [-0.2, 0) is 14.3 Å². The first-order valence-corrected chi connectivity index (χ1v) is 10.1. The molecule has 2 aromatic carbocycles. The van der Waals surface area contributed by atoms with Crippen molar-refractivity contribution in [3.63, 3.8) is 0 Å². The predicted molar refractivity (Wildman–Crippen MR) is 113 cm³/mol. The monoisotopic (exact) mass is 431 g/mol. The number of rotatable bonds is 7. The molecule has 5 nitrogen and oxygen atoms in total. The van der Waals surface area contributed by atoms with Gasteiger partial charge in [-0.3, -0.25) is 9.59 Å². The molecule has 1 N–H and O–H groups in total. The number of aliphatic hydroxyl groups excluding tert-OH is 1. The van der Waals surface area contributed by atoms with Crippen LogP contribution >= 0.6 is 11.6 Å². The maximum atomic E-state index is 14.7. The Morgan fingerprint density at radius 3 is 2.47 bits per heavy atom. The summed E-state index contributed by atoms with van der Waals surface area (Å²) in [4.78, 5) is 26.9. The van der Waals surface area contributed by atoms with Gasteiger partial charge in [0, 0.05) is 29.3 Å². The molecule has 30 heavy (non-hydrogen) atoms. The minimum atomic E-state index is -1.03. The highest BCUT2D eigenvalue weighted by molar-refractivity contribution is 6.46. The summed E-state index contributed by atoms with van der Waals surface area (Å²) >= 11 is 5.90. The summed E-state index contributed by atoms with van der Waals surface area (Å²) in [6, 6.07) is 11.1. The number of carbonyl (C=O) groups excluding carboxylic acids is 2. The van der Waals surface area contributed by atoms with Gasteiger partial charge in [-0.05, 0) is 50.6 Å². The summed E-state index contributed by atoms with van der Waals surface area (Å²) in [5, 5.41) is 11.3. The first-order valence-electron chi connectivity index (χ1n) is 9.71. The Labute approximate surface area is 179 Å². The van der Waals surface area contributed by atoms with Crippen molar-refractivity contribution in [3.05, 3.63) is 76.1 Å². The third-order valence-corrected chi connectivity index (χ3v) is 5.10. The molecule has 3 rings (SSSR count). The normalized spacial score (nSPS) is 18.4. The van der Waals surface area contributed by atoms with Crippen molar-refractivity contribution in [3.8, 4) is 0 Å². The van der Waals surface area contributed by atoms with E-state index in [2.05, 4.69) is 0 Å². The summed E-state index contributed by atoms with van der Waals surface area (Å²) in [7, 11) is 0. The highest BCUT2D eigenvalue weighted by atomic mass is 35.5. The smallest absolute Gasteiger partial charge is 0.295 e. The summed E-state index contributed by atoms with van der Waals surface area (Å²) in [5.41, 5.74) is 0.330. The molecule has 0 spiro atoms. The van der Waals surface area contributed by atoms with Crippen LogP contribution in [0, 0.1) is 5.82 Å². The Bertz CT molecular complexity index is 971. The number of hydrogen-bond acceptors (Lipinski definition) is 4. The second kappa shape index (κ2) is 9.41. The van der Waals surface area contributed by atoms with Gasteiger partial charge < -0.3 is 14.7 Å². The van der Waals surface area contributed by atoms with E-state index >= 15 is 0 Å². The molecular formula is C23H23ClFNO4. The van der Waals surface area contributed by atoms with E-state index in [1.807, 2.05) is 13.8 Å². The highest BCUT2D eigenvalue weighted by Crippen LogP contribution is 2.40. The zero-order chi connectivity index (χ0) is 21.8. The van der Waals surface area contributed by atoms with Crippen LogP contribution in [0.4, 0.5) is 4.39 Å². The minimum absolute atomic E-state index is 0.0349. The van der Waals surface area contributed by atoms with Gasteiger partial charge >= 0.3 is 0 Å².